The van der Waals surface area contributed by atoms with Crippen molar-refractivity contribution in [1.29, 1.82) is 0 Å². The maximum atomic E-state index is 12.9. The van der Waals surface area contributed by atoms with Gasteiger partial charge in [-0.05, 0) is 30.2 Å². The van der Waals surface area contributed by atoms with Crippen LogP contribution in [0, 0.1) is 5.92 Å². The zero-order valence-electron chi connectivity index (χ0n) is 19.2. The van der Waals surface area contributed by atoms with E-state index in [0.29, 0.717) is 23.9 Å². The summed E-state index contributed by atoms with van der Waals surface area (Å²) in [6, 6.07) is 4.01. The highest BCUT2D eigenvalue weighted by molar-refractivity contribution is 7.09. The molecule has 0 radical (unpaired) electrons. The summed E-state index contributed by atoms with van der Waals surface area (Å²) in [5, 5.41) is 2.01. The van der Waals surface area contributed by atoms with Crippen LogP contribution in [0.4, 0.5) is 0 Å². The van der Waals surface area contributed by atoms with E-state index < -0.39 is 0 Å². The van der Waals surface area contributed by atoms with Gasteiger partial charge in [-0.2, -0.15) is 0 Å². The number of amides is 1. The predicted octanol–water partition coefficient (Wildman–Crippen LogP) is 4.40. The molecule has 3 aromatic rings. The maximum absolute atomic E-state index is 12.9. The molecule has 1 saturated heterocycles. The van der Waals surface area contributed by atoms with Gasteiger partial charge in [-0.25, -0.2) is 9.97 Å². The number of thiophene rings is 1. The molecule has 0 aromatic carbocycles. The van der Waals surface area contributed by atoms with Gasteiger partial charge < -0.3 is 14.2 Å². The number of carbonyl (C=O) groups excluding carboxylic acids is 1. The Balaban J connectivity index is 1.58. The fraction of sp³-hybridized carbons (Fsp3) is 0.500. The van der Waals surface area contributed by atoms with E-state index in [1.165, 1.54) is 6.20 Å². The second-order valence-corrected chi connectivity index (χ2v) is 10.5. The SMILES string of the molecule is CN(Cc1cccs1)C(=O)c1cncc(-c2cn(CC3CCOCC3)c(C(C)(C)C)n2)n1. The van der Waals surface area contributed by atoms with Crippen LogP contribution in [0.3, 0.4) is 0 Å². The van der Waals surface area contributed by atoms with Gasteiger partial charge in [0.25, 0.3) is 5.91 Å². The molecule has 1 fully saturated rings. The van der Waals surface area contributed by atoms with E-state index in [1.54, 1.807) is 29.5 Å². The Hall–Kier alpha value is -2.58. The third-order valence-corrected chi connectivity index (χ3v) is 6.54. The lowest BCUT2D eigenvalue weighted by Crippen LogP contribution is -2.26. The van der Waals surface area contributed by atoms with Crippen LogP contribution in [0.5, 0.6) is 0 Å². The summed E-state index contributed by atoms with van der Waals surface area (Å²) in [5.41, 5.74) is 1.60. The van der Waals surface area contributed by atoms with Crippen molar-refractivity contribution < 1.29 is 9.53 Å². The van der Waals surface area contributed by atoms with Gasteiger partial charge in [0, 0.05) is 43.3 Å². The molecular weight excluding hydrogens is 422 g/mol. The largest absolute Gasteiger partial charge is 0.381 e. The number of hydrogen-bond acceptors (Lipinski definition) is 6. The molecule has 3 aromatic heterocycles. The molecule has 170 valence electrons. The van der Waals surface area contributed by atoms with Crippen LogP contribution in [-0.4, -0.2) is 50.6 Å². The van der Waals surface area contributed by atoms with Crippen LogP contribution in [0.1, 0.15) is 54.8 Å². The highest BCUT2D eigenvalue weighted by Gasteiger charge is 2.25. The standard InChI is InChI=1S/C24H31N5O2S/c1-24(2,3)23-27-21(16-29(23)14-17-7-9-31-10-8-17)19-12-25-13-20(26-19)22(30)28(4)15-18-6-5-11-32-18/h5-6,11-13,16-17H,7-10,14-15H2,1-4H3. The fourth-order valence-electron chi connectivity index (χ4n) is 3.98. The van der Waals surface area contributed by atoms with E-state index in [9.17, 15) is 4.79 Å². The number of aromatic nitrogens is 4. The Labute approximate surface area is 193 Å². The van der Waals surface area contributed by atoms with Crippen LogP contribution in [0.15, 0.2) is 36.1 Å². The lowest BCUT2D eigenvalue weighted by molar-refractivity contribution is 0.0607. The van der Waals surface area contributed by atoms with Crippen molar-refractivity contribution >= 4 is 17.2 Å². The van der Waals surface area contributed by atoms with Crippen LogP contribution < -0.4 is 0 Å². The van der Waals surface area contributed by atoms with Gasteiger partial charge in [-0.3, -0.25) is 9.78 Å². The maximum Gasteiger partial charge on any atom is 0.274 e. The molecule has 0 N–H and O–H groups in total. The van der Waals surface area contributed by atoms with E-state index in [0.717, 1.165) is 49.0 Å². The molecule has 0 atom stereocenters. The Bertz CT molecular complexity index is 1050. The van der Waals surface area contributed by atoms with E-state index in [2.05, 4.69) is 41.5 Å². The van der Waals surface area contributed by atoms with Crippen molar-refractivity contribution in [3.05, 3.63) is 52.5 Å². The summed E-state index contributed by atoms with van der Waals surface area (Å²) >= 11 is 1.63. The summed E-state index contributed by atoms with van der Waals surface area (Å²) < 4.78 is 7.77. The van der Waals surface area contributed by atoms with E-state index in [4.69, 9.17) is 9.72 Å². The first kappa shape index (κ1) is 22.6. The Kier molecular flexibility index (Phi) is 6.71. The molecule has 7 nitrogen and oxygen atoms in total. The van der Waals surface area contributed by atoms with Crippen LogP contribution >= 0.6 is 11.3 Å². The molecule has 1 aliphatic rings. The van der Waals surface area contributed by atoms with E-state index in [1.807, 2.05) is 17.5 Å². The van der Waals surface area contributed by atoms with Crippen molar-refractivity contribution in [2.24, 2.45) is 5.92 Å². The minimum Gasteiger partial charge on any atom is -0.381 e. The molecule has 32 heavy (non-hydrogen) atoms. The smallest absolute Gasteiger partial charge is 0.274 e. The minimum atomic E-state index is -0.148. The molecular formula is C24H31N5O2S. The zero-order valence-corrected chi connectivity index (χ0v) is 20.1. The lowest BCUT2D eigenvalue weighted by Gasteiger charge is -2.25. The molecule has 0 unspecified atom stereocenters. The second-order valence-electron chi connectivity index (χ2n) is 9.44. The Morgan fingerprint density at radius 1 is 1.22 bits per heavy atom. The van der Waals surface area contributed by atoms with Gasteiger partial charge in [0.2, 0.25) is 0 Å². The molecule has 1 amide bonds. The number of imidazole rings is 1. The highest BCUT2D eigenvalue weighted by atomic mass is 32.1. The van der Waals surface area contributed by atoms with Gasteiger partial charge in [0.1, 0.15) is 22.9 Å². The molecule has 1 aliphatic heterocycles. The normalized spacial score (nSPS) is 15.1. The van der Waals surface area contributed by atoms with Gasteiger partial charge >= 0.3 is 0 Å². The first-order chi connectivity index (χ1) is 15.3. The van der Waals surface area contributed by atoms with Crippen LogP contribution in [0.25, 0.3) is 11.4 Å². The number of nitrogens with zero attached hydrogens (tertiary/aromatic N) is 5. The quantitative estimate of drug-likeness (QED) is 0.553. The lowest BCUT2D eigenvalue weighted by atomic mass is 9.94. The molecule has 4 rings (SSSR count). The minimum absolute atomic E-state index is 0.106. The van der Waals surface area contributed by atoms with E-state index in [-0.39, 0.29) is 11.3 Å². The van der Waals surface area contributed by atoms with Gasteiger partial charge in [-0.15, -0.1) is 11.3 Å². The number of hydrogen-bond donors (Lipinski definition) is 0. The molecule has 8 heteroatoms. The fourth-order valence-corrected chi connectivity index (χ4v) is 4.74. The second kappa shape index (κ2) is 9.50. The molecule has 0 aliphatic carbocycles. The Morgan fingerprint density at radius 3 is 2.69 bits per heavy atom. The average molecular weight is 454 g/mol. The summed E-state index contributed by atoms with van der Waals surface area (Å²) in [6.45, 7) is 9.63. The van der Waals surface area contributed by atoms with Gasteiger partial charge in [0.15, 0.2) is 0 Å². The monoisotopic (exact) mass is 453 g/mol. The molecule has 4 heterocycles. The summed E-state index contributed by atoms with van der Waals surface area (Å²) in [6.07, 6.45) is 7.41. The van der Waals surface area contributed by atoms with Crippen molar-refractivity contribution in [2.45, 2.75) is 52.1 Å². The Morgan fingerprint density at radius 2 is 2.00 bits per heavy atom. The molecule has 0 saturated carbocycles. The highest BCUT2D eigenvalue weighted by Crippen LogP contribution is 2.28. The number of ether oxygens (including phenoxy) is 1. The summed E-state index contributed by atoms with van der Waals surface area (Å²) in [7, 11) is 1.79. The van der Waals surface area contributed by atoms with Crippen molar-refractivity contribution in [1.82, 2.24) is 24.4 Å². The summed E-state index contributed by atoms with van der Waals surface area (Å²) in [4.78, 5) is 29.6. The third kappa shape index (κ3) is 5.24. The van der Waals surface area contributed by atoms with Crippen molar-refractivity contribution in [3.63, 3.8) is 0 Å². The zero-order chi connectivity index (χ0) is 22.7. The molecule has 0 bridgehead atoms. The topological polar surface area (TPSA) is 73.1 Å². The predicted molar refractivity (Wildman–Crippen MR) is 126 cm³/mol. The first-order valence-electron chi connectivity index (χ1n) is 11.1. The first-order valence-corrected chi connectivity index (χ1v) is 11.9. The molecule has 0 spiro atoms. The van der Waals surface area contributed by atoms with Crippen molar-refractivity contribution in [3.8, 4) is 11.4 Å². The van der Waals surface area contributed by atoms with Crippen molar-refractivity contribution in [2.75, 3.05) is 20.3 Å². The van der Waals surface area contributed by atoms with E-state index >= 15 is 0 Å². The third-order valence-electron chi connectivity index (χ3n) is 5.68. The van der Waals surface area contributed by atoms with Gasteiger partial charge in [-0.1, -0.05) is 26.8 Å². The average Bonchev–Trinajstić information content (AvgIpc) is 3.44. The van der Waals surface area contributed by atoms with Crippen LogP contribution in [0.2, 0.25) is 0 Å². The number of rotatable bonds is 6. The van der Waals surface area contributed by atoms with Crippen LogP contribution in [-0.2, 0) is 23.2 Å². The van der Waals surface area contributed by atoms with Gasteiger partial charge in [0.05, 0.1) is 18.9 Å². The number of carbonyl (C=O) groups is 1. The summed E-state index contributed by atoms with van der Waals surface area (Å²) in [5.74, 6) is 1.45.